The molecule has 0 aromatic carbocycles. The minimum absolute atomic E-state index is 0.0624. The van der Waals surface area contributed by atoms with Crippen molar-refractivity contribution in [2.45, 2.75) is 17.9 Å². The zero-order chi connectivity index (χ0) is 15.6. The van der Waals surface area contributed by atoms with Gasteiger partial charge < -0.3 is 5.73 Å². The van der Waals surface area contributed by atoms with Crippen LogP contribution in [0.15, 0.2) is 23.2 Å². The van der Waals surface area contributed by atoms with Crippen molar-refractivity contribution in [1.82, 2.24) is 9.71 Å². The van der Waals surface area contributed by atoms with Gasteiger partial charge in [0.15, 0.2) is 0 Å². The summed E-state index contributed by atoms with van der Waals surface area (Å²) in [5.41, 5.74) is 5.67. The lowest BCUT2D eigenvalue weighted by Gasteiger charge is -2.13. The smallest absolute Gasteiger partial charge is 0.242 e. The first-order valence-corrected chi connectivity index (χ1v) is 9.42. The number of nitrogens with two attached hydrogens (primary N) is 1. The molecule has 0 radical (unpaired) electrons. The Bertz CT molecular complexity index is 696. The lowest BCUT2D eigenvalue weighted by Crippen LogP contribution is -2.37. The molecule has 1 rings (SSSR count). The van der Waals surface area contributed by atoms with Crippen molar-refractivity contribution in [2.24, 2.45) is 5.73 Å². The third-order valence-corrected chi connectivity index (χ3v) is 5.10. The molecular weight excluding hydrogens is 322 g/mol. The van der Waals surface area contributed by atoms with Crippen molar-refractivity contribution in [3.63, 3.8) is 0 Å². The highest BCUT2D eigenvalue weighted by molar-refractivity contribution is 7.91. The molecule has 0 saturated heterocycles. The molecule has 0 spiro atoms. The van der Waals surface area contributed by atoms with E-state index in [2.05, 4.69) is 9.71 Å². The van der Waals surface area contributed by atoms with E-state index < -0.39 is 25.9 Å². The maximum atomic E-state index is 12.0. The summed E-state index contributed by atoms with van der Waals surface area (Å²) in [7, 11) is -7.11. The van der Waals surface area contributed by atoms with Crippen molar-refractivity contribution >= 4 is 37.1 Å². The number of sulfonamides is 1. The largest absolute Gasteiger partial charge is 0.388 e. The summed E-state index contributed by atoms with van der Waals surface area (Å²) >= 11 is 4.71. The lowest BCUT2D eigenvalue weighted by atomic mass is 10.3. The Labute approximate surface area is 123 Å². The summed E-state index contributed by atoms with van der Waals surface area (Å²) in [5, 5.41) is 0. The van der Waals surface area contributed by atoms with Crippen LogP contribution in [-0.4, -0.2) is 44.9 Å². The summed E-state index contributed by atoms with van der Waals surface area (Å²) in [6.45, 7) is 1.47. The quantitative estimate of drug-likeness (QED) is 0.667. The van der Waals surface area contributed by atoms with E-state index in [0.29, 0.717) is 5.69 Å². The van der Waals surface area contributed by atoms with Gasteiger partial charge in [-0.05, 0) is 19.1 Å². The van der Waals surface area contributed by atoms with Crippen LogP contribution in [0, 0.1) is 0 Å². The van der Waals surface area contributed by atoms with Crippen LogP contribution in [-0.2, 0) is 19.9 Å². The Balaban J connectivity index is 2.91. The molecule has 0 bridgehead atoms. The summed E-state index contributed by atoms with van der Waals surface area (Å²) < 4.78 is 48.5. The van der Waals surface area contributed by atoms with Gasteiger partial charge in [-0.25, -0.2) is 21.6 Å². The third-order valence-electron chi connectivity index (χ3n) is 2.21. The first-order chi connectivity index (χ1) is 9.01. The van der Waals surface area contributed by atoms with Gasteiger partial charge in [-0.2, -0.15) is 0 Å². The molecule has 0 aliphatic carbocycles. The second-order valence-corrected chi connectivity index (χ2v) is 8.70. The number of thiocarbonyl (C=S) groups is 1. The molecule has 1 unspecified atom stereocenters. The van der Waals surface area contributed by atoms with E-state index in [-0.39, 0.29) is 15.6 Å². The molecule has 1 aromatic rings. The van der Waals surface area contributed by atoms with E-state index in [0.717, 1.165) is 12.5 Å². The van der Waals surface area contributed by atoms with Gasteiger partial charge in [0.25, 0.3) is 0 Å². The first kappa shape index (κ1) is 17.0. The SMILES string of the molecule is CC(CS(C)(=O)=O)NS(=O)(=O)c1ccc(C(N)=S)nc1. The fraction of sp³-hybridized carbons (Fsp3) is 0.400. The Morgan fingerprint density at radius 2 is 2.00 bits per heavy atom. The van der Waals surface area contributed by atoms with Gasteiger partial charge in [0.2, 0.25) is 10.0 Å². The van der Waals surface area contributed by atoms with Crippen molar-refractivity contribution in [3.05, 3.63) is 24.0 Å². The maximum absolute atomic E-state index is 12.0. The molecule has 1 heterocycles. The van der Waals surface area contributed by atoms with Crippen LogP contribution in [0.25, 0.3) is 0 Å². The van der Waals surface area contributed by atoms with Gasteiger partial charge in [-0.1, -0.05) is 12.2 Å². The number of nitrogens with zero attached hydrogens (tertiary/aromatic N) is 1. The monoisotopic (exact) mass is 337 g/mol. The van der Waals surface area contributed by atoms with Gasteiger partial charge in [0, 0.05) is 18.5 Å². The van der Waals surface area contributed by atoms with Gasteiger partial charge in [-0.3, -0.25) is 4.98 Å². The van der Waals surface area contributed by atoms with Crippen LogP contribution in [0.2, 0.25) is 0 Å². The second kappa shape index (κ2) is 6.12. The van der Waals surface area contributed by atoms with Gasteiger partial charge in [-0.15, -0.1) is 0 Å². The van der Waals surface area contributed by atoms with Crippen LogP contribution in [0.3, 0.4) is 0 Å². The number of hydrogen-bond donors (Lipinski definition) is 2. The average Bonchev–Trinajstić information content (AvgIpc) is 2.25. The number of aromatic nitrogens is 1. The number of hydrogen-bond acceptors (Lipinski definition) is 6. The van der Waals surface area contributed by atoms with Crippen LogP contribution in [0.4, 0.5) is 0 Å². The van der Waals surface area contributed by atoms with Gasteiger partial charge in [0.1, 0.15) is 19.7 Å². The summed E-state index contributed by atoms with van der Waals surface area (Å²) in [4.78, 5) is 3.80. The third kappa shape index (κ3) is 5.12. The van der Waals surface area contributed by atoms with Gasteiger partial charge in [0.05, 0.1) is 11.4 Å². The van der Waals surface area contributed by atoms with Crippen molar-refractivity contribution in [3.8, 4) is 0 Å². The highest BCUT2D eigenvalue weighted by Crippen LogP contribution is 2.09. The van der Waals surface area contributed by atoms with Crippen molar-refractivity contribution < 1.29 is 16.8 Å². The fourth-order valence-corrected chi connectivity index (χ4v) is 3.91. The lowest BCUT2D eigenvalue weighted by molar-refractivity contribution is 0.564. The summed E-state index contributed by atoms with van der Waals surface area (Å²) in [6, 6.07) is 1.94. The molecule has 7 nitrogen and oxygen atoms in total. The normalized spacial score (nSPS) is 13.9. The van der Waals surface area contributed by atoms with E-state index in [1.165, 1.54) is 19.1 Å². The maximum Gasteiger partial charge on any atom is 0.242 e. The summed E-state index contributed by atoms with van der Waals surface area (Å²) in [5.74, 6) is -0.287. The number of nitrogens with one attached hydrogen (secondary N) is 1. The Kier molecular flexibility index (Phi) is 5.19. The number of pyridine rings is 1. The number of sulfone groups is 1. The minimum atomic E-state index is -3.84. The van der Waals surface area contributed by atoms with E-state index in [4.69, 9.17) is 18.0 Å². The molecule has 1 aromatic heterocycles. The predicted molar refractivity (Wildman–Crippen MR) is 79.6 cm³/mol. The van der Waals surface area contributed by atoms with Crippen molar-refractivity contribution in [1.29, 1.82) is 0 Å². The van der Waals surface area contributed by atoms with Gasteiger partial charge >= 0.3 is 0 Å². The minimum Gasteiger partial charge on any atom is -0.388 e. The first-order valence-electron chi connectivity index (χ1n) is 5.47. The second-order valence-electron chi connectivity index (χ2n) is 4.36. The van der Waals surface area contributed by atoms with Crippen LogP contribution >= 0.6 is 12.2 Å². The molecule has 0 fully saturated rings. The van der Waals surface area contributed by atoms with Crippen LogP contribution in [0.5, 0.6) is 0 Å². The summed E-state index contributed by atoms with van der Waals surface area (Å²) in [6.07, 6.45) is 2.15. The van der Waals surface area contributed by atoms with E-state index >= 15 is 0 Å². The van der Waals surface area contributed by atoms with Crippen LogP contribution < -0.4 is 10.5 Å². The molecule has 0 amide bonds. The molecule has 0 saturated carbocycles. The molecule has 10 heteroatoms. The highest BCUT2D eigenvalue weighted by atomic mass is 32.2. The zero-order valence-corrected chi connectivity index (χ0v) is 13.3. The Hall–Kier alpha value is -1.10. The van der Waals surface area contributed by atoms with E-state index in [9.17, 15) is 16.8 Å². The molecule has 0 aliphatic heterocycles. The molecule has 1 atom stereocenters. The Morgan fingerprint density at radius 3 is 2.40 bits per heavy atom. The molecule has 0 aliphatic rings. The predicted octanol–water partition coefficient (Wildman–Crippen LogP) is -0.573. The highest BCUT2D eigenvalue weighted by Gasteiger charge is 2.20. The molecule has 20 heavy (non-hydrogen) atoms. The Morgan fingerprint density at radius 1 is 1.40 bits per heavy atom. The topological polar surface area (TPSA) is 119 Å². The van der Waals surface area contributed by atoms with E-state index in [1.807, 2.05) is 0 Å². The van der Waals surface area contributed by atoms with E-state index in [1.54, 1.807) is 0 Å². The fourth-order valence-electron chi connectivity index (χ4n) is 1.51. The van der Waals surface area contributed by atoms with Crippen molar-refractivity contribution in [2.75, 3.05) is 12.0 Å². The molecule has 3 N–H and O–H groups in total. The standard InChI is InChI=1S/C10H15N3O4S3/c1-7(6-19(2,14)15)13-20(16,17)8-3-4-9(10(11)18)12-5-8/h3-5,7,13H,6H2,1-2H3,(H2,11,18). The zero-order valence-electron chi connectivity index (χ0n) is 10.9. The molecular formula is C10H15N3O4S3. The number of rotatable bonds is 6. The van der Waals surface area contributed by atoms with Crippen LogP contribution in [0.1, 0.15) is 12.6 Å². The molecule has 112 valence electrons. The average molecular weight is 337 g/mol.